The SMILES string of the molecule is CCOC(C)CNCC(O)COc1c(C)cccc1C. The van der Waals surface area contributed by atoms with E-state index >= 15 is 0 Å². The zero-order valence-corrected chi connectivity index (χ0v) is 13.0. The Hall–Kier alpha value is -1.10. The van der Waals surface area contributed by atoms with Crippen LogP contribution in [0.1, 0.15) is 25.0 Å². The van der Waals surface area contributed by atoms with Gasteiger partial charge < -0.3 is 19.9 Å². The van der Waals surface area contributed by atoms with Crippen molar-refractivity contribution in [1.82, 2.24) is 5.32 Å². The van der Waals surface area contributed by atoms with E-state index in [-0.39, 0.29) is 6.10 Å². The molecule has 0 heterocycles. The lowest BCUT2D eigenvalue weighted by atomic mass is 10.1. The average Bonchev–Trinajstić information content (AvgIpc) is 2.38. The quantitative estimate of drug-likeness (QED) is 0.727. The number of rotatable bonds is 9. The summed E-state index contributed by atoms with van der Waals surface area (Å²) in [5, 5.41) is 13.1. The van der Waals surface area contributed by atoms with Crippen LogP contribution in [0.15, 0.2) is 18.2 Å². The number of aliphatic hydroxyl groups is 1. The number of aryl methyl sites for hydroxylation is 2. The first-order valence-corrected chi connectivity index (χ1v) is 7.24. The molecule has 0 bridgehead atoms. The molecule has 4 heteroatoms. The van der Waals surface area contributed by atoms with Crippen LogP contribution in [0.2, 0.25) is 0 Å². The summed E-state index contributed by atoms with van der Waals surface area (Å²) in [6.07, 6.45) is -0.366. The molecule has 0 radical (unpaired) electrons. The minimum Gasteiger partial charge on any atom is -0.490 e. The minimum absolute atomic E-state index is 0.159. The molecule has 2 unspecified atom stereocenters. The standard InChI is InChI=1S/C16H27NO3/c1-5-19-14(4)9-17-10-15(18)11-20-16-12(2)7-6-8-13(16)3/h6-8,14-15,17-18H,5,9-11H2,1-4H3. The zero-order chi connectivity index (χ0) is 15.0. The molecule has 0 aromatic heterocycles. The third-order valence-corrected chi connectivity index (χ3v) is 3.09. The summed E-state index contributed by atoms with van der Waals surface area (Å²) in [6, 6.07) is 6.03. The molecule has 2 N–H and O–H groups in total. The summed E-state index contributed by atoms with van der Waals surface area (Å²) >= 11 is 0. The number of aliphatic hydroxyl groups excluding tert-OH is 1. The second-order valence-electron chi connectivity index (χ2n) is 5.11. The van der Waals surface area contributed by atoms with Crippen molar-refractivity contribution in [2.45, 2.75) is 39.9 Å². The fourth-order valence-electron chi connectivity index (χ4n) is 2.06. The Bertz CT molecular complexity index is 375. The van der Waals surface area contributed by atoms with Crippen molar-refractivity contribution in [1.29, 1.82) is 0 Å². The van der Waals surface area contributed by atoms with Crippen molar-refractivity contribution in [3.63, 3.8) is 0 Å². The van der Waals surface area contributed by atoms with Gasteiger partial charge in [0.1, 0.15) is 18.5 Å². The van der Waals surface area contributed by atoms with E-state index in [1.54, 1.807) is 0 Å². The molecule has 0 saturated heterocycles. The highest BCUT2D eigenvalue weighted by Crippen LogP contribution is 2.22. The zero-order valence-electron chi connectivity index (χ0n) is 13.0. The maximum atomic E-state index is 9.91. The first kappa shape index (κ1) is 17.0. The number of para-hydroxylation sites is 1. The molecule has 0 fully saturated rings. The third-order valence-electron chi connectivity index (χ3n) is 3.09. The maximum absolute atomic E-state index is 9.91. The van der Waals surface area contributed by atoms with Crippen LogP contribution in [0.4, 0.5) is 0 Å². The van der Waals surface area contributed by atoms with Crippen molar-refractivity contribution in [3.05, 3.63) is 29.3 Å². The van der Waals surface area contributed by atoms with Crippen molar-refractivity contribution in [3.8, 4) is 5.75 Å². The van der Waals surface area contributed by atoms with Crippen LogP contribution in [0.5, 0.6) is 5.75 Å². The molecule has 1 aromatic carbocycles. The molecule has 2 atom stereocenters. The van der Waals surface area contributed by atoms with Gasteiger partial charge in [0.15, 0.2) is 0 Å². The summed E-state index contributed by atoms with van der Waals surface area (Å²) in [5.41, 5.74) is 2.19. The van der Waals surface area contributed by atoms with Gasteiger partial charge >= 0.3 is 0 Å². The summed E-state index contributed by atoms with van der Waals surface area (Å²) in [7, 11) is 0. The molecular weight excluding hydrogens is 254 g/mol. The highest BCUT2D eigenvalue weighted by atomic mass is 16.5. The van der Waals surface area contributed by atoms with Crippen molar-refractivity contribution >= 4 is 0 Å². The Kier molecular flexibility index (Phi) is 7.59. The number of nitrogens with one attached hydrogen (secondary N) is 1. The van der Waals surface area contributed by atoms with Gasteiger partial charge in [-0.1, -0.05) is 18.2 Å². The normalized spacial score (nSPS) is 14.1. The molecule has 0 spiro atoms. The molecule has 0 aliphatic carbocycles. The molecule has 0 saturated carbocycles. The van der Waals surface area contributed by atoms with Gasteiger partial charge in [0.25, 0.3) is 0 Å². The average molecular weight is 281 g/mol. The van der Waals surface area contributed by atoms with Crippen molar-refractivity contribution in [2.24, 2.45) is 0 Å². The summed E-state index contributed by atoms with van der Waals surface area (Å²) < 4.78 is 11.1. The van der Waals surface area contributed by atoms with Crippen LogP contribution >= 0.6 is 0 Å². The van der Waals surface area contributed by atoms with Gasteiger partial charge in [-0.15, -0.1) is 0 Å². The van der Waals surface area contributed by atoms with Gasteiger partial charge in [-0.05, 0) is 38.8 Å². The largest absolute Gasteiger partial charge is 0.490 e. The van der Waals surface area contributed by atoms with Gasteiger partial charge in [-0.2, -0.15) is 0 Å². The fraction of sp³-hybridized carbons (Fsp3) is 0.625. The molecule has 114 valence electrons. The van der Waals surface area contributed by atoms with Crippen molar-refractivity contribution < 1.29 is 14.6 Å². The Morgan fingerprint density at radius 2 is 1.85 bits per heavy atom. The molecular formula is C16H27NO3. The fourth-order valence-corrected chi connectivity index (χ4v) is 2.06. The van der Waals surface area contributed by atoms with Crippen LogP contribution in [0, 0.1) is 13.8 Å². The molecule has 0 aliphatic rings. The predicted molar refractivity (Wildman–Crippen MR) is 81.4 cm³/mol. The second kappa shape index (κ2) is 8.95. The van der Waals surface area contributed by atoms with Crippen LogP contribution in [-0.2, 0) is 4.74 Å². The summed E-state index contributed by atoms with van der Waals surface area (Å²) in [5.74, 6) is 0.870. The van der Waals surface area contributed by atoms with Crippen LogP contribution in [0.3, 0.4) is 0 Å². The van der Waals surface area contributed by atoms with Gasteiger partial charge in [-0.3, -0.25) is 0 Å². The highest BCUT2D eigenvalue weighted by molar-refractivity contribution is 5.39. The summed E-state index contributed by atoms with van der Waals surface area (Å²) in [6.45, 7) is 10.2. The summed E-state index contributed by atoms with van der Waals surface area (Å²) in [4.78, 5) is 0. The minimum atomic E-state index is -0.525. The highest BCUT2D eigenvalue weighted by Gasteiger charge is 2.09. The van der Waals surface area contributed by atoms with E-state index in [1.807, 2.05) is 45.9 Å². The molecule has 4 nitrogen and oxygen atoms in total. The van der Waals surface area contributed by atoms with E-state index in [9.17, 15) is 5.11 Å². The van der Waals surface area contributed by atoms with Gasteiger partial charge in [-0.25, -0.2) is 0 Å². The van der Waals surface area contributed by atoms with E-state index in [1.165, 1.54) is 0 Å². The molecule has 1 rings (SSSR count). The number of hydrogen-bond acceptors (Lipinski definition) is 4. The lowest BCUT2D eigenvalue weighted by Crippen LogP contribution is -2.36. The number of ether oxygens (including phenoxy) is 2. The maximum Gasteiger partial charge on any atom is 0.125 e. The molecule has 20 heavy (non-hydrogen) atoms. The van der Waals surface area contributed by atoms with E-state index in [0.717, 1.165) is 23.4 Å². The first-order valence-electron chi connectivity index (χ1n) is 7.24. The Labute approximate surface area is 122 Å². The van der Waals surface area contributed by atoms with Gasteiger partial charge in [0.05, 0.1) is 6.10 Å². The lowest BCUT2D eigenvalue weighted by molar-refractivity contribution is 0.0670. The molecule has 0 amide bonds. The predicted octanol–water partition coefficient (Wildman–Crippen LogP) is 2.06. The second-order valence-corrected chi connectivity index (χ2v) is 5.11. The molecule has 1 aromatic rings. The van der Waals surface area contributed by atoms with Crippen LogP contribution in [0.25, 0.3) is 0 Å². The smallest absolute Gasteiger partial charge is 0.125 e. The monoisotopic (exact) mass is 281 g/mol. The molecule has 0 aliphatic heterocycles. The van der Waals surface area contributed by atoms with Gasteiger partial charge in [0.2, 0.25) is 0 Å². The van der Waals surface area contributed by atoms with Crippen LogP contribution < -0.4 is 10.1 Å². The Balaban J connectivity index is 2.28. The van der Waals surface area contributed by atoms with E-state index < -0.39 is 6.10 Å². The van der Waals surface area contributed by atoms with E-state index in [2.05, 4.69) is 5.32 Å². The first-order chi connectivity index (χ1) is 9.54. The van der Waals surface area contributed by atoms with Gasteiger partial charge in [0, 0.05) is 19.7 Å². The topological polar surface area (TPSA) is 50.7 Å². The lowest BCUT2D eigenvalue weighted by Gasteiger charge is -2.17. The van der Waals surface area contributed by atoms with Crippen molar-refractivity contribution in [2.75, 3.05) is 26.3 Å². The number of benzene rings is 1. The number of hydrogen-bond donors (Lipinski definition) is 2. The Morgan fingerprint density at radius 1 is 1.20 bits per heavy atom. The Morgan fingerprint density at radius 3 is 2.45 bits per heavy atom. The third kappa shape index (κ3) is 5.90. The van der Waals surface area contributed by atoms with E-state index in [0.29, 0.717) is 19.8 Å². The van der Waals surface area contributed by atoms with E-state index in [4.69, 9.17) is 9.47 Å². The van der Waals surface area contributed by atoms with Crippen LogP contribution in [-0.4, -0.2) is 43.6 Å².